The highest BCUT2D eigenvalue weighted by Gasteiger charge is 2.13. The number of hydrogen-bond acceptors (Lipinski definition) is 6. The lowest BCUT2D eigenvalue weighted by Crippen LogP contribution is -2.21. The predicted molar refractivity (Wildman–Crippen MR) is 95.9 cm³/mol. The van der Waals surface area contributed by atoms with Crippen LogP contribution in [-0.4, -0.2) is 30.7 Å². The molecule has 0 bridgehead atoms. The SMILES string of the molecule is CCCCN(C)c1ncnc(Nc2cc(Cl)ccc2OC)c1N. The standard InChI is InChI=1S/C16H22ClN5O/c1-4-5-8-22(2)16-14(18)15(19-10-20-16)21-12-9-11(17)6-7-13(12)23-3/h6-7,9-10H,4-5,8,18H2,1-3H3,(H,19,20,21). The summed E-state index contributed by atoms with van der Waals surface area (Å²) >= 11 is 6.05. The van der Waals surface area contributed by atoms with Gasteiger partial charge in [-0.2, -0.15) is 0 Å². The van der Waals surface area contributed by atoms with Crippen molar-refractivity contribution >= 4 is 34.6 Å². The Bertz CT molecular complexity index is 665. The summed E-state index contributed by atoms with van der Waals surface area (Å²) in [5.41, 5.74) is 7.43. The van der Waals surface area contributed by atoms with Crippen LogP contribution in [0.5, 0.6) is 5.75 Å². The van der Waals surface area contributed by atoms with Crippen molar-refractivity contribution in [1.29, 1.82) is 0 Å². The Morgan fingerprint density at radius 1 is 1.35 bits per heavy atom. The van der Waals surface area contributed by atoms with Crippen LogP contribution < -0.4 is 20.7 Å². The Hall–Kier alpha value is -2.21. The first-order valence-corrected chi connectivity index (χ1v) is 7.86. The molecule has 2 rings (SSSR count). The molecule has 0 radical (unpaired) electrons. The molecule has 0 spiro atoms. The highest BCUT2D eigenvalue weighted by Crippen LogP contribution is 2.33. The summed E-state index contributed by atoms with van der Waals surface area (Å²) in [6, 6.07) is 5.32. The number of aromatic nitrogens is 2. The van der Waals surface area contributed by atoms with Crippen LogP contribution in [0, 0.1) is 0 Å². The fourth-order valence-electron chi connectivity index (χ4n) is 2.20. The molecule has 0 saturated carbocycles. The third kappa shape index (κ3) is 4.16. The van der Waals surface area contributed by atoms with Gasteiger partial charge in [0.25, 0.3) is 0 Å². The largest absolute Gasteiger partial charge is 0.495 e. The third-order valence-corrected chi connectivity index (χ3v) is 3.72. The van der Waals surface area contributed by atoms with Crippen LogP contribution in [-0.2, 0) is 0 Å². The van der Waals surface area contributed by atoms with Crippen LogP contribution in [0.15, 0.2) is 24.5 Å². The van der Waals surface area contributed by atoms with Gasteiger partial charge in [0.15, 0.2) is 11.6 Å². The quantitative estimate of drug-likeness (QED) is 0.803. The van der Waals surface area contributed by atoms with Gasteiger partial charge in [-0.05, 0) is 24.6 Å². The van der Waals surface area contributed by atoms with E-state index in [1.54, 1.807) is 25.3 Å². The molecule has 1 aromatic heterocycles. The molecule has 1 aromatic carbocycles. The molecule has 0 amide bonds. The van der Waals surface area contributed by atoms with E-state index < -0.39 is 0 Å². The van der Waals surface area contributed by atoms with E-state index in [9.17, 15) is 0 Å². The van der Waals surface area contributed by atoms with Gasteiger partial charge in [0, 0.05) is 18.6 Å². The maximum atomic E-state index is 6.23. The first kappa shape index (κ1) is 17.1. The lowest BCUT2D eigenvalue weighted by molar-refractivity contribution is 0.417. The molecule has 7 heteroatoms. The summed E-state index contributed by atoms with van der Waals surface area (Å²) in [5, 5.41) is 3.77. The zero-order chi connectivity index (χ0) is 16.8. The zero-order valence-electron chi connectivity index (χ0n) is 13.6. The van der Waals surface area contributed by atoms with Gasteiger partial charge >= 0.3 is 0 Å². The van der Waals surface area contributed by atoms with Gasteiger partial charge in [-0.3, -0.25) is 0 Å². The van der Waals surface area contributed by atoms with E-state index in [1.807, 2.05) is 11.9 Å². The van der Waals surface area contributed by atoms with Gasteiger partial charge in [0.1, 0.15) is 17.8 Å². The fraction of sp³-hybridized carbons (Fsp3) is 0.375. The minimum atomic E-state index is 0.494. The minimum Gasteiger partial charge on any atom is -0.495 e. The van der Waals surface area contributed by atoms with Crippen LogP contribution in [0.3, 0.4) is 0 Å². The number of anilines is 4. The molecule has 0 aliphatic carbocycles. The van der Waals surface area contributed by atoms with Gasteiger partial charge in [-0.25, -0.2) is 9.97 Å². The molecular formula is C16H22ClN5O. The molecular weight excluding hydrogens is 314 g/mol. The van der Waals surface area contributed by atoms with E-state index in [2.05, 4.69) is 22.2 Å². The molecule has 3 N–H and O–H groups in total. The van der Waals surface area contributed by atoms with Gasteiger partial charge in [0.2, 0.25) is 0 Å². The molecule has 23 heavy (non-hydrogen) atoms. The third-order valence-electron chi connectivity index (χ3n) is 3.49. The van der Waals surface area contributed by atoms with E-state index in [1.165, 1.54) is 6.33 Å². The lowest BCUT2D eigenvalue weighted by Gasteiger charge is -2.21. The topological polar surface area (TPSA) is 76.3 Å². The van der Waals surface area contributed by atoms with Crippen molar-refractivity contribution in [2.45, 2.75) is 19.8 Å². The molecule has 0 saturated heterocycles. The van der Waals surface area contributed by atoms with Crippen LogP contribution >= 0.6 is 11.6 Å². The van der Waals surface area contributed by atoms with E-state index >= 15 is 0 Å². The number of rotatable bonds is 7. The zero-order valence-corrected chi connectivity index (χ0v) is 14.4. The Morgan fingerprint density at radius 2 is 2.13 bits per heavy atom. The maximum Gasteiger partial charge on any atom is 0.159 e. The van der Waals surface area contributed by atoms with Crippen molar-refractivity contribution in [2.24, 2.45) is 0 Å². The normalized spacial score (nSPS) is 10.4. The van der Waals surface area contributed by atoms with Crippen LogP contribution in [0.1, 0.15) is 19.8 Å². The summed E-state index contributed by atoms with van der Waals surface area (Å²) < 4.78 is 5.33. The average molecular weight is 336 g/mol. The molecule has 6 nitrogen and oxygen atoms in total. The van der Waals surface area contributed by atoms with Crippen molar-refractivity contribution in [3.05, 3.63) is 29.5 Å². The molecule has 0 aliphatic heterocycles. The Balaban J connectivity index is 2.29. The first-order chi connectivity index (χ1) is 11.1. The van der Waals surface area contributed by atoms with Crippen molar-refractivity contribution in [2.75, 3.05) is 36.7 Å². The highest BCUT2D eigenvalue weighted by atomic mass is 35.5. The van der Waals surface area contributed by atoms with E-state index in [4.69, 9.17) is 22.1 Å². The maximum absolute atomic E-state index is 6.23. The monoisotopic (exact) mass is 335 g/mol. The smallest absolute Gasteiger partial charge is 0.159 e. The number of unbranched alkanes of at least 4 members (excludes halogenated alkanes) is 1. The predicted octanol–water partition coefficient (Wildman–Crippen LogP) is 3.70. The number of hydrogen-bond donors (Lipinski definition) is 2. The minimum absolute atomic E-state index is 0.494. The Morgan fingerprint density at radius 3 is 2.83 bits per heavy atom. The Kier molecular flexibility index (Phi) is 5.87. The number of nitrogens with zero attached hydrogens (tertiary/aromatic N) is 3. The van der Waals surface area contributed by atoms with Crippen LogP contribution in [0.2, 0.25) is 5.02 Å². The van der Waals surface area contributed by atoms with Gasteiger partial charge in [-0.1, -0.05) is 24.9 Å². The number of halogens is 1. The molecule has 0 aliphatic rings. The molecule has 1 heterocycles. The number of methoxy groups -OCH3 is 1. The fourth-order valence-corrected chi connectivity index (χ4v) is 2.37. The van der Waals surface area contributed by atoms with Gasteiger partial charge < -0.3 is 20.7 Å². The molecule has 0 atom stereocenters. The number of ether oxygens (including phenoxy) is 1. The van der Waals surface area contributed by atoms with Gasteiger partial charge in [-0.15, -0.1) is 0 Å². The summed E-state index contributed by atoms with van der Waals surface area (Å²) in [6.07, 6.45) is 3.68. The van der Waals surface area contributed by atoms with Crippen LogP contribution in [0.4, 0.5) is 23.0 Å². The van der Waals surface area contributed by atoms with E-state index in [0.717, 1.165) is 19.4 Å². The van der Waals surface area contributed by atoms with Crippen molar-refractivity contribution in [1.82, 2.24) is 9.97 Å². The summed E-state index contributed by atoms with van der Waals surface area (Å²) in [4.78, 5) is 10.5. The van der Waals surface area contributed by atoms with E-state index in [-0.39, 0.29) is 0 Å². The van der Waals surface area contributed by atoms with Crippen molar-refractivity contribution in [3.8, 4) is 5.75 Å². The number of nitrogen functional groups attached to an aromatic ring is 1. The van der Waals surface area contributed by atoms with Crippen LogP contribution in [0.25, 0.3) is 0 Å². The number of benzene rings is 1. The summed E-state index contributed by atoms with van der Waals surface area (Å²) in [5.74, 6) is 1.89. The van der Waals surface area contributed by atoms with E-state index in [0.29, 0.717) is 33.8 Å². The highest BCUT2D eigenvalue weighted by molar-refractivity contribution is 6.31. The summed E-state index contributed by atoms with van der Waals surface area (Å²) in [7, 11) is 3.57. The number of nitrogens with one attached hydrogen (secondary N) is 1. The van der Waals surface area contributed by atoms with Crippen molar-refractivity contribution < 1.29 is 4.74 Å². The second-order valence-electron chi connectivity index (χ2n) is 5.20. The molecule has 124 valence electrons. The summed E-state index contributed by atoms with van der Waals surface area (Å²) in [6.45, 7) is 3.03. The second kappa shape index (κ2) is 7.87. The second-order valence-corrected chi connectivity index (χ2v) is 5.64. The van der Waals surface area contributed by atoms with Crippen molar-refractivity contribution in [3.63, 3.8) is 0 Å². The first-order valence-electron chi connectivity index (χ1n) is 7.49. The number of nitrogens with two attached hydrogens (primary N) is 1. The lowest BCUT2D eigenvalue weighted by atomic mass is 10.2. The average Bonchev–Trinajstić information content (AvgIpc) is 2.55. The molecule has 2 aromatic rings. The molecule has 0 fully saturated rings. The Labute approximate surface area is 141 Å². The van der Waals surface area contributed by atoms with Gasteiger partial charge in [0.05, 0.1) is 12.8 Å². The molecule has 0 unspecified atom stereocenters.